The van der Waals surface area contributed by atoms with Gasteiger partial charge in [-0.3, -0.25) is 18.9 Å². The van der Waals surface area contributed by atoms with Crippen LogP contribution in [0.3, 0.4) is 0 Å². The second kappa shape index (κ2) is 14.8. The van der Waals surface area contributed by atoms with Crippen LogP contribution in [0.2, 0.25) is 0 Å². The lowest BCUT2D eigenvalue weighted by Crippen LogP contribution is -2.71. The molecule has 20 heteroatoms. The Morgan fingerprint density at radius 1 is 0.927 bits per heavy atom. The summed E-state index contributed by atoms with van der Waals surface area (Å²) in [6.07, 6.45) is -0.191. The molecule has 0 aromatic heterocycles. The zero-order valence-corrected chi connectivity index (χ0v) is 32.4. The maximum absolute atomic E-state index is 13.0. The molecule has 0 radical (unpaired) electrons. The van der Waals surface area contributed by atoms with E-state index in [1.165, 1.54) is 42.6 Å². The minimum atomic E-state index is -4.09. The molecule has 4 heterocycles. The maximum Gasteiger partial charge on any atom is 0.333 e. The second-order valence-corrected chi connectivity index (χ2v) is 20.1. The summed E-state index contributed by atoms with van der Waals surface area (Å²) in [4.78, 5) is 65.8. The number of carbonyl (C=O) groups is 5. The molecule has 4 saturated heterocycles. The number of sulfone groups is 1. The number of nitrogens with two attached hydrogens (primary N) is 1. The Bertz CT molecular complexity index is 2270. The van der Waals surface area contributed by atoms with E-state index in [0.717, 1.165) is 15.7 Å². The number of esters is 2. The van der Waals surface area contributed by atoms with Crippen LogP contribution in [0.4, 0.5) is 0 Å². The van der Waals surface area contributed by atoms with Gasteiger partial charge in [-0.1, -0.05) is 60.7 Å². The second-order valence-electron chi connectivity index (χ2n) is 14.2. The Balaban J connectivity index is 0.000000324. The van der Waals surface area contributed by atoms with E-state index in [0.29, 0.717) is 5.56 Å². The van der Waals surface area contributed by atoms with Gasteiger partial charge in [0.2, 0.25) is 24.5 Å². The predicted molar refractivity (Wildman–Crippen MR) is 198 cm³/mol. The summed E-state index contributed by atoms with van der Waals surface area (Å²) in [6.45, 7) is 5.37. The highest BCUT2D eigenvalue weighted by molar-refractivity contribution is 8.01. The normalized spacial score (nSPS) is 25.7. The van der Waals surface area contributed by atoms with Crippen LogP contribution >= 0.6 is 11.8 Å². The molecule has 4 fully saturated rings. The average Bonchev–Trinajstić information content (AvgIpc) is 3.44. The summed E-state index contributed by atoms with van der Waals surface area (Å²) in [7, 11) is -7.89. The Hall–Kier alpha value is -4.60. The number of amides is 3. The number of nitrogens with one attached hydrogen (secondary N) is 1. The van der Waals surface area contributed by atoms with Crippen molar-refractivity contribution >= 4 is 72.1 Å². The van der Waals surface area contributed by atoms with Crippen LogP contribution in [0.5, 0.6) is 0 Å². The Labute approximate surface area is 320 Å². The SMILES string of the molecule is CC1(C)S[C@@H]2[C@H](NC(=O)[C@H](N)c3ccccc3)C(=O)N2[C@H]1C(=O)OCOC(=O)[C@@H]1N2C(=O)C[C@H]2S(=O)(=O)C1(C)C.O.O=S(=O)(O)c1ccc2ccccc2c1. The summed E-state index contributed by atoms with van der Waals surface area (Å²) >= 11 is 1.31. The van der Waals surface area contributed by atoms with Crippen LogP contribution in [0, 0.1) is 0 Å². The van der Waals surface area contributed by atoms with E-state index in [9.17, 15) is 40.8 Å². The van der Waals surface area contributed by atoms with Gasteiger partial charge in [0.25, 0.3) is 10.1 Å². The fourth-order valence-corrected chi connectivity index (χ4v) is 11.3. The van der Waals surface area contributed by atoms with E-state index in [-0.39, 0.29) is 16.8 Å². The molecular formula is C35H40N4O13S3. The van der Waals surface area contributed by atoms with Gasteiger partial charge in [0.15, 0.2) is 9.84 Å². The van der Waals surface area contributed by atoms with Crippen LogP contribution in [-0.4, -0.2) is 111 Å². The quantitative estimate of drug-likeness (QED) is 0.122. The van der Waals surface area contributed by atoms with Gasteiger partial charge in [0.05, 0.1) is 16.1 Å². The largest absolute Gasteiger partial charge is 0.426 e. The van der Waals surface area contributed by atoms with Crippen molar-refractivity contribution < 1.29 is 60.3 Å². The first-order chi connectivity index (χ1) is 25.2. The Morgan fingerprint density at radius 3 is 2.11 bits per heavy atom. The van der Waals surface area contributed by atoms with E-state index in [2.05, 4.69) is 5.32 Å². The van der Waals surface area contributed by atoms with Crippen LogP contribution < -0.4 is 11.1 Å². The van der Waals surface area contributed by atoms with Crippen LogP contribution in [0.1, 0.15) is 45.7 Å². The van der Waals surface area contributed by atoms with E-state index in [1.54, 1.807) is 56.3 Å². The first-order valence-corrected chi connectivity index (χ1v) is 20.5. The van der Waals surface area contributed by atoms with E-state index in [4.69, 9.17) is 19.8 Å². The van der Waals surface area contributed by atoms with Crippen LogP contribution in [0.25, 0.3) is 10.8 Å². The molecular weight excluding hydrogens is 781 g/mol. The van der Waals surface area contributed by atoms with Gasteiger partial charge in [0.1, 0.15) is 34.9 Å². The lowest BCUT2D eigenvalue weighted by Gasteiger charge is -2.44. The van der Waals surface area contributed by atoms with Gasteiger partial charge in [-0.15, -0.1) is 11.8 Å². The zero-order valence-electron chi connectivity index (χ0n) is 29.9. The highest BCUT2D eigenvalue weighted by Crippen LogP contribution is 2.51. The first kappa shape index (κ1) is 41.6. The number of benzene rings is 3. The molecule has 6 N–H and O–H groups in total. The summed E-state index contributed by atoms with van der Waals surface area (Å²) in [6, 6.07) is 16.3. The van der Waals surface area contributed by atoms with E-state index >= 15 is 0 Å². The molecule has 7 rings (SSSR count). The number of fused-ring (bicyclic) bond motifs is 3. The number of ether oxygens (including phenoxy) is 2. The molecule has 6 atom stereocenters. The molecule has 3 aromatic rings. The molecule has 4 aliphatic heterocycles. The number of rotatable bonds is 8. The molecule has 3 aromatic carbocycles. The van der Waals surface area contributed by atoms with Gasteiger partial charge < -0.3 is 35.8 Å². The highest BCUT2D eigenvalue weighted by Gasteiger charge is 2.68. The fourth-order valence-electron chi connectivity index (χ4n) is 7.02. The molecule has 0 saturated carbocycles. The van der Waals surface area contributed by atoms with Crippen molar-refractivity contribution in [1.82, 2.24) is 15.1 Å². The smallest absolute Gasteiger partial charge is 0.333 e. The number of carbonyl (C=O) groups excluding carboxylic acids is 5. The molecule has 17 nitrogen and oxygen atoms in total. The van der Waals surface area contributed by atoms with Crippen molar-refractivity contribution in [2.75, 3.05) is 6.79 Å². The average molecular weight is 821 g/mol. The molecule has 0 aliphatic carbocycles. The minimum absolute atomic E-state index is 0. The third-order valence-electron chi connectivity index (χ3n) is 10.0. The summed E-state index contributed by atoms with van der Waals surface area (Å²) in [5.41, 5.74) is 6.64. The molecule has 4 aliphatic rings. The lowest BCUT2D eigenvalue weighted by molar-refractivity contribution is -0.181. The maximum atomic E-state index is 13.0. The third kappa shape index (κ3) is 7.29. The Morgan fingerprint density at radius 2 is 1.51 bits per heavy atom. The molecule has 296 valence electrons. The third-order valence-corrected chi connectivity index (χ3v) is 15.2. The number of hydrogen-bond donors (Lipinski definition) is 3. The standard InChI is InChI=1S/C25H30N4O9S2.C10H8O3S.H2O/c1-24(2)17(29-20(32)16(21(29)39-24)27-19(31)15(26)12-8-6-5-7-9-12)22(33)37-11-38-23(34)18-25(3,4)40(35,36)14-10-13(30)28(14)18;11-14(12,13)10-6-5-8-3-1-2-4-9(8)7-10;/h5-9,14-18,21H,10-11,26H2,1-4H3,(H,27,31);1-7H,(H,11,12,13);1H2/t14-,15-,16-,17+,18+,21-;;/m1../s1. The van der Waals surface area contributed by atoms with Crippen molar-refractivity contribution in [3.05, 3.63) is 78.4 Å². The molecule has 0 unspecified atom stereocenters. The number of thioether (sulfide) groups is 1. The van der Waals surface area contributed by atoms with Crippen molar-refractivity contribution in [2.45, 2.75) is 83.4 Å². The Kier molecular flexibility index (Phi) is 11.2. The minimum Gasteiger partial charge on any atom is -0.426 e. The molecule has 0 bridgehead atoms. The van der Waals surface area contributed by atoms with Crippen molar-refractivity contribution in [2.24, 2.45) is 5.73 Å². The van der Waals surface area contributed by atoms with E-state index < -0.39 is 101 Å². The van der Waals surface area contributed by atoms with Gasteiger partial charge >= 0.3 is 11.9 Å². The fraction of sp³-hybridized carbons (Fsp3) is 0.400. The monoisotopic (exact) mass is 820 g/mol. The van der Waals surface area contributed by atoms with Gasteiger partial charge in [-0.05, 0) is 56.2 Å². The number of β-lactam (4-membered cyclic amide) rings is 2. The molecule has 0 spiro atoms. The first-order valence-electron chi connectivity index (χ1n) is 16.6. The van der Waals surface area contributed by atoms with Gasteiger partial charge in [-0.2, -0.15) is 8.42 Å². The van der Waals surface area contributed by atoms with Crippen molar-refractivity contribution in [1.29, 1.82) is 0 Å². The van der Waals surface area contributed by atoms with Crippen LogP contribution in [-0.2, 0) is 53.4 Å². The number of hydrogen-bond acceptors (Lipinski definition) is 13. The summed E-state index contributed by atoms with van der Waals surface area (Å²) in [5, 5.41) is 2.81. The van der Waals surface area contributed by atoms with E-state index in [1.807, 2.05) is 18.2 Å². The zero-order chi connectivity index (χ0) is 39.5. The summed E-state index contributed by atoms with van der Waals surface area (Å²) < 4.78 is 63.8. The van der Waals surface area contributed by atoms with Gasteiger partial charge in [-0.25, -0.2) is 18.0 Å². The molecule has 3 amide bonds. The topological polar surface area (TPSA) is 268 Å². The molecule has 55 heavy (non-hydrogen) atoms. The van der Waals surface area contributed by atoms with Crippen molar-refractivity contribution in [3.8, 4) is 0 Å². The highest BCUT2D eigenvalue weighted by atomic mass is 32.2. The van der Waals surface area contributed by atoms with Gasteiger partial charge in [0, 0.05) is 4.75 Å². The summed E-state index contributed by atoms with van der Waals surface area (Å²) in [5.74, 6) is -3.32. The predicted octanol–water partition coefficient (Wildman–Crippen LogP) is 0.673. The number of nitrogens with zero attached hydrogens (tertiary/aromatic N) is 2. The van der Waals surface area contributed by atoms with Crippen molar-refractivity contribution in [3.63, 3.8) is 0 Å². The van der Waals surface area contributed by atoms with Crippen LogP contribution in [0.15, 0.2) is 77.7 Å². The lowest BCUT2D eigenvalue weighted by atomic mass is 9.95.